The van der Waals surface area contributed by atoms with Crippen LogP contribution < -0.4 is 9.64 Å². The Morgan fingerprint density at radius 3 is 2.47 bits per heavy atom. The summed E-state index contributed by atoms with van der Waals surface area (Å²) in [6.45, 7) is 5.80. The van der Waals surface area contributed by atoms with Crippen LogP contribution in [0, 0.1) is 13.7 Å². The number of ether oxygens (including phenoxy) is 2. The number of non-ortho nitro benzene ring substituents is 1. The molecule has 0 aliphatic heterocycles. The number of amides is 1. The summed E-state index contributed by atoms with van der Waals surface area (Å²) >= 11 is 7.88. The van der Waals surface area contributed by atoms with E-state index in [9.17, 15) is 14.9 Å². The zero-order valence-corrected chi connectivity index (χ0v) is 21.9. The molecule has 3 rings (SSSR count). The standard InChI is InChI=1S/C25H24ClIN2O5/c1-25(2,3)34-24(30)28(13-7-12-26)21-15-22(33-16-17-8-5-4-6-9-17)20-14-18(29(31)32)10-11-19(20)23(21)27/h4-12,14-15H,13,16H2,1-3H3/b12-7-. The third kappa shape index (κ3) is 6.38. The summed E-state index contributed by atoms with van der Waals surface area (Å²) in [5, 5.41) is 12.7. The van der Waals surface area contributed by atoms with Gasteiger partial charge in [-0.1, -0.05) is 48.0 Å². The van der Waals surface area contributed by atoms with Gasteiger partial charge in [-0.25, -0.2) is 4.79 Å². The lowest BCUT2D eigenvalue weighted by atomic mass is 10.1. The number of carbonyl (C=O) groups excluding carboxylic acids is 1. The summed E-state index contributed by atoms with van der Waals surface area (Å²) in [5.74, 6) is 0.418. The van der Waals surface area contributed by atoms with Gasteiger partial charge in [0.15, 0.2) is 0 Å². The van der Waals surface area contributed by atoms with E-state index >= 15 is 0 Å². The van der Waals surface area contributed by atoms with Crippen molar-refractivity contribution in [1.29, 1.82) is 0 Å². The van der Waals surface area contributed by atoms with E-state index in [1.54, 1.807) is 39.0 Å². The molecular weight excluding hydrogens is 571 g/mol. The third-order valence-corrected chi connectivity index (χ3v) is 6.04. The topological polar surface area (TPSA) is 81.9 Å². The summed E-state index contributed by atoms with van der Waals surface area (Å²) in [4.78, 5) is 25.5. The van der Waals surface area contributed by atoms with Gasteiger partial charge in [0.2, 0.25) is 0 Å². The van der Waals surface area contributed by atoms with Gasteiger partial charge >= 0.3 is 6.09 Å². The van der Waals surface area contributed by atoms with Crippen molar-refractivity contribution in [3.05, 3.63) is 85.5 Å². The average Bonchev–Trinajstić information content (AvgIpc) is 2.79. The van der Waals surface area contributed by atoms with E-state index in [1.165, 1.54) is 22.6 Å². The lowest BCUT2D eigenvalue weighted by molar-refractivity contribution is -0.384. The number of nitrogens with zero attached hydrogens (tertiary/aromatic N) is 2. The second kappa shape index (κ2) is 11.1. The van der Waals surface area contributed by atoms with Crippen molar-refractivity contribution >= 4 is 62.4 Å². The van der Waals surface area contributed by atoms with Crippen molar-refractivity contribution in [3.8, 4) is 5.75 Å². The minimum absolute atomic E-state index is 0.0466. The predicted molar refractivity (Wildman–Crippen MR) is 143 cm³/mol. The number of halogens is 2. The Bertz CT molecular complexity index is 1230. The number of anilines is 1. The van der Waals surface area contributed by atoms with Gasteiger partial charge in [-0.15, -0.1) is 0 Å². The maximum absolute atomic E-state index is 13.1. The molecule has 0 bridgehead atoms. The van der Waals surface area contributed by atoms with Gasteiger partial charge in [0, 0.05) is 44.6 Å². The van der Waals surface area contributed by atoms with Crippen LogP contribution in [-0.2, 0) is 11.3 Å². The fourth-order valence-corrected chi connectivity index (χ4v) is 4.23. The molecule has 0 aliphatic rings. The lowest BCUT2D eigenvalue weighted by Crippen LogP contribution is -2.37. The van der Waals surface area contributed by atoms with Crippen molar-refractivity contribution in [2.75, 3.05) is 11.4 Å². The summed E-state index contributed by atoms with van der Waals surface area (Å²) in [6.07, 6.45) is 1.09. The molecule has 0 radical (unpaired) electrons. The van der Waals surface area contributed by atoms with Crippen LogP contribution in [0.4, 0.5) is 16.2 Å². The van der Waals surface area contributed by atoms with Crippen molar-refractivity contribution < 1.29 is 19.2 Å². The molecule has 0 fully saturated rings. The number of nitro benzene ring substituents is 1. The summed E-state index contributed by atoms with van der Waals surface area (Å²) in [7, 11) is 0. The number of hydrogen-bond donors (Lipinski definition) is 0. The number of nitro groups is 1. The monoisotopic (exact) mass is 594 g/mol. The van der Waals surface area contributed by atoms with Crippen LogP contribution in [0.3, 0.4) is 0 Å². The van der Waals surface area contributed by atoms with Crippen molar-refractivity contribution in [3.63, 3.8) is 0 Å². The highest BCUT2D eigenvalue weighted by molar-refractivity contribution is 14.1. The quantitative estimate of drug-likeness (QED) is 0.161. The molecule has 34 heavy (non-hydrogen) atoms. The van der Waals surface area contributed by atoms with E-state index in [1.807, 2.05) is 30.3 Å². The molecule has 3 aromatic carbocycles. The first-order chi connectivity index (χ1) is 16.1. The first-order valence-electron chi connectivity index (χ1n) is 10.4. The van der Waals surface area contributed by atoms with Crippen molar-refractivity contribution in [2.45, 2.75) is 33.0 Å². The minimum Gasteiger partial charge on any atom is -0.488 e. The van der Waals surface area contributed by atoms with Gasteiger partial charge in [0.05, 0.1) is 10.6 Å². The van der Waals surface area contributed by atoms with Gasteiger partial charge < -0.3 is 9.47 Å². The molecule has 0 atom stereocenters. The van der Waals surface area contributed by atoms with Gasteiger partial charge in [0.25, 0.3) is 5.69 Å². The summed E-state index contributed by atoms with van der Waals surface area (Å²) in [5.41, 5.74) is 2.08. The highest BCUT2D eigenvalue weighted by Crippen LogP contribution is 2.39. The van der Waals surface area contributed by atoms with E-state index in [0.717, 1.165) is 14.5 Å². The van der Waals surface area contributed by atoms with Gasteiger partial charge in [-0.2, -0.15) is 0 Å². The van der Waals surface area contributed by atoms with Crippen LogP contribution >= 0.6 is 34.2 Å². The average molecular weight is 595 g/mol. The Labute approximate surface area is 216 Å². The second-order valence-electron chi connectivity index (χ2n) is 8.42. The molecule has 3 aromatic rings. The van der Waals surface area contributed by atoms with E-state index < -0.39 is 16.6 Å². The number of carbonyl (C=O) groups is 1. The molecule has 0 saturated carbocycles. The van der Waals surface area contributed by atoms with Crippen LogP contribution in [0.2, 0.25) is 0 Å². The van der Waals surface area contributed by atoms with Gasteiger partial charge in [0.1, 0.15) is 18.0 Å². The molecule has 0 N–H and O–H groups in total. The third-order valence-electron chi connectivity index (χ3n) is 4.73. The molecule has 1 amide bonds. The highest BCUT2D eigenvalue weighted by Gasteiger charge is 2.26. The Kier molecular flexibility index (Phi) is 8.37. The fraction of sp³-hybridized carbons (Fsp3) is 0.240. The van der Waals surface area contributed by atoms with Crippen LogP contribution in [0.5, 0.6) is 5.75 Å². The Morgan fingerprint density at radius 2 is 1.85 bits per heavy atom. The normalized spacial score (nSPS) is 11.6. The number of benzene rings is 3. The molecule has 0 saturated heterocycles. The molecule has 0 aliphatic carbocycles. The largest absolute Gasteiger partial charge is 0.488 e. The molecule has 9 heteroatoms. The van der Waals surface area contributed by atoms with Crippen molar-refractivity contribution in [1.82, 2.24) is 0 Å². The van der Waals surface area contributed by atoms with Gasteiger partial charge in [-0.3, -0.25) is 15.0 Å². The summed E-state index contributed by atoms with van der Waals surface area (Å²) in [6, 6.07) is 15.9. The van der Waals surface area contributed by atoms with Gasteiger partial charge in [-0.05, 0) is 55.0 Å². The Balaban J connectivity index is 2.16. The summed E-state index contributed by atoms with van der Waals surface area (Å²) < 4.78 is 12.5. The highest BCUT2D eigenvalue weighted by atomic mass is 127. The SMILES string of the molecule is CC(C)(C)OC(=O)N(C/C=C\Cl)c1cc(OCc2ccccc2)c2cc([N+](=O)[O-])ccc2c1I. The van der Waals surface area contributed by atoms with Crippen LogP contribution in [0.1, 0.15) is 26.3 Å². The molecule has 0 unspecified atom stereocenters. The van der Waals surface area contributed by atoms with E-state index in [4.69, 9.17) is 21.1 Å². The first-order valence-corrected chi connectivity index (χ1v) is 12.0. The Morgan fingerprint density at radius 1 is 1.15 bits per heavy atom. The number of fused-ring (bicyclic) bond motifs is 1. The van der Waals surface area contributed by atoms with Crippen LogP contribution in [-0.4, -0.2) is 23.2 Å². The predicted octanol–water partition coefficient (Wildman–Crippen LogP) is 7.43. The second-order valence-corrected chi connectivity index (χ2v) is 9.75. The Hall–Kier alpha value is -2.85. The van der Waals surface area contributed by atoms with Crippen LogP contribution in [0.25, 0.3) is 10.8 Å². The molecule has 0 spiro atoms. The minimum atomic E-state index is -0.699. The molecule has 7 nitrogen and oxygen atoms in total. The fourth-order valence-electron chi connectivity index (χ4n) is 3.23. The zero-order chi connectivity index (χ0) is 24.9. The van der Waals surface area contributed by atoms with Crippen molar-refractivity contribution in [2.24, 2.45) is 0 Å². The lowest BCUT2D eigenvalue weighted by Gasteiger charge is -2.28. The number of hydrogen-bond acceptors (Lipinski definition) is 5. The molecule has 0 aromatic heterocycles. The number of rotatable bonds is 7. The van der Waals surface area contributed by atoms with E-state index in [0.29, 0.717) is 16.8 Å². The maximum atomic E-state index is 13.1. The van der Waals surface area contributed by atoms with Crippen LogP contribution in [0.15, 0.2) is 66.2 Å². The molecular formula is C25H24ClIN2O5. The molecule has 178 valence electrons. The first kappa shape index (κ1) is 25.8. The zero-order valence-electron chi connectivity index (χ0n) is 19.0. The van der Waals surface area contributed by atoms with E-state index in [-0.39, 0.29) is 18.8 Å². The van der Waals surface area contributed by atoms with E-state index in [2.05, 4.69) is 22.6 Å². The maximum Gasteiger partial charge on any atom is 0.415 e. The smallest absolute Gasteiger partial charge is 0.415 e. The molecule has 0 heterocycles.